The first-order valence-corrected chi connectivity index (χ1v) is 10.3. The zero-order chi connectivity index (χ0) is 24.0. The molecule has 33 heavy (non-hydrogen) atoms. The molecule has 8 heteroatoms. The number of hydrogen-bond donors (Lipinski definition) is 1. The van der Waals surface area contributed by atoms with Crippen LogP contribution < -0.4 is 10.2 Å². The number of benzene rings is 3. The van der Waals surface area contributed by atoms with Gasteiger partial charge < -0.3 is 10.2 Å². The first kappa shape index (κ1) is 24.2. The normalized spacial score (nSPS) is 12.3. The summed E-state index contributed by atoms with van der Waals surface area (Å²) in [7, 11) is 1.49. The van der Waals surface area contributed by atoms with Gasteiger partial charge in [0.05, 0.1) is 5.56 Å². The van der Waals surface area contributed by atoms with Crippen molar-refractivity contribution in [1.82, 2.24) is 5.32 Å². The van der Waals surface area contributed by atoms with E-state index in [2.05, 4.69) is 5.32 Å². The summed E-state index contributed by atoms with van der Waals surface area (Å²) in [5.74, 6) is -2.37. The maximum absolute atomic E-state index is 14.0. The number of carbonyl (C=O) groups excluding carboxylic acids is 1. The highest BCUT2D eigenvalue weighted by Gasteiger charge is 2.30. The SMILES string of the molecule is CNC(=O)[C@H](c1ccccc1)N(CCCc1ccc(C(F)(F)F)cc1)c1ccc(F)c(F)c1. The molecule has 174 valence electrons. The van der Waals surface area contributed by atoms with Gasteiger partial charge in [-0.3, -0.25) is 4.79 Å². The van der Waals surface area contributed by atoms with Crippen LogP contribution in [0.5, 0.6) is 0 Å². The summed E-state index contributed by atoms with van der Waals surface area (Å²) >= 11 is 0. The lowest BCUT2D eigenvalue weighted by Crippen LogP contribution is -2.40. The maximum atomic E-state index is 14.0. The Balaban J connectivity index is 1.87. The second kappa shape index (κ2) is 10.5. The molecule has 0 saturated heterocycles. The predicted molar refractivity (Wildman–Crippen MR) is 117 cm³/mol. The lowest BCUT2D eigenvalue weighted by molar-refractivity contribution is -0.137. The highest BCUT2D eigenvalue weighted by Crippen LogP contribution is 2.31. The molecule has 0 unspecified atom stereocenters. The van der Waals surface area contributed by atoms with E-state index in [4.69, 9.17) is 0 Å². The van der Waals surface area contributed by atoms with Gasteiger partial charge in [-0.15, -0.1) is 0 Å². The van der Waals surface area contributed by atoms with Gasteiger partial charge in [-0.05, 0) is 48.2 Å². The predicted octanol–water partition coefficient (Wildman–Crippen LogP) is 5.91. The Bertz CT molecular complexity index is 1070. The summed E-state index contributed by atoms with van der Waals surface area (Å²) in [6, 6.07) is 16.4. The van der Waals surface area contributed by atoms with E-state index < -0.39 is 29.4 Å². The first-order valence-electron chi connectivity index (χ1n) is 10.3. The van der Waals surface area contributed by atoms with Crippen molar-refractivity contribution in [2.24, 2.45) is 0 Å². The zero-order valence-electron chi connectivity index (χ0n) is 17.9. The lowest BCUT2D eigenvalue weighted by atomic mass is 10.0. The minimum Gasteiger partial charge on any atom is -0.357 e. The summed E-state index contributed by atoms with van der Waals surface area (Å²) in [5, 5.41) is 2.61. The number of amides is 1. The van der Waals surface area contributed by atoms with Crippen molar-refractivity contribution >= 4 is 11.6 Å². The third kappa shape index (κ3) is 6.09. The highest BCUT2D eigenvalue weighted by atomic mass is 19.4. The van der Waals surface area contributed by atoms with Crippen LogP contribution in [0.1, 0.15) is 29.2 Å². The van der Waals surface area contributed by atoms with E-state index >= 15 is 0 Å². The van der Waals surface area contributed by atoms with Crippen molar-refractivity contribution in [3.63, 3.8) is 0 Å². The van der Waals surface area contributed by atoms with Crippen molar-refractivity contribution in [2.45, 2.75) is 25.1 Å². The van der Waals surface area contributed by atoms with Crippen LogP contribution in [0.4, 0.5) is 27.6 Å². The quantitative estimate of drug-likeness (QED) is 0.422. The minimum atomic E-state index is -4.40. The average Bonchev–Trinajstić information content (AvgIpc) is 2.80. The Kier molecular flexibility index (Phi) is 7.68. The smallest absolute Gasteiger partial charge is 0.357 e. The van der Waals surface area contributed by atoms with Crippen LogP contribution in [-0.4, -0.2) is 19.5 Å². The summed E-state index contributed by atoms with van der Waals surface area (Å²) < 4.78 is 65.9. The monoisotopic (exact) mass is 462 g/mol. The van der Waals surface area contributed by atoms with Crippen LogP contribution in [0, 0.1) is 11.6 Å². The Hall–Kier alpha value is -3.42. The van der Waals surface area contributed by atoms with Crippen LogP contribution in [0.15, 0.2) is 72.8 Å². The molecule has 1 N–H and O–H groups in total. The van der Waals surface area contributed by atoms with E-state index in [-0.39, 0.29) is 12.5 Å². The first-order chi connectivity index (χ1) is 15.7. The molecule has 0 heterocycles. The standard InChI is InChI=1S/C25H23F5N2O/c1-31-24(33)23(18-7-3-2-4-8-18)32(20-13-14-21(26)22(27)16-20)15-5-6-17-9-11-19(12-10-17)25(28,29)30/h2-4,7-14,16,23H,5-6,15H2,1H3,(H,31,33)/t23-/m0/s1. The van der Waals surface area contributed by atoms with Gasteiger partial charge in [-0.2, -0.15) is 13.2 Å². The van der Waals surface area contributed by atoms with Gasteiger partial charge in [0.15, 0.2) is 11.6 Å². The highest BCUT2D eigenvalue weighted by molar-refractivity contribution is 5.86. The number of nitrogens with zero attached hydrogens (tertiary/aromatic N) is 1. The number of hydrogen-bond acceptors (Lipinski definition) is 2. The van der Waals surface area contributed by atoms with Gasteiger partial charge in [0.2, 0.25) is 5.91 Å². The van der Waals surface area contributed by atoms with E-state index in [0.717, 1.165) is 24.3 Å². The molecule has 3 nitrogen and oxygen atoms in total. The number of likely N-dealkylation sites (N-methyl/N-ethyl adjacent to an activating group) is 1. The maximum Gasteiger partial charge on any atom is 0.416 e. The molecule has 0 radical (unpaired) electrons. The fraction of sp³-hybridized carbons (Fsp3) is 0.240. The van der Waals surface area contributed by atoms with Crippen molar-refractivity contribution < 1.29 is 26.7 Å². The molecule has 0 aliphatic heterocycles. The van der Waals surface area contributed by atoms with Gasteiger partial charge in [-0.1, -0.05) is 42.5 Å². The molecule has 0 fully saturated rings. The summed E-state index contributed by atoms with van der Waals surface area (Å²) in [6.07, 6.45) is -3.50. The number of alkyl halides is 3. The Labute approximate surface area is 188 Å². The van der Waals surface area contributed by atoms with E-state index in [9.17, 15) is 26.7 Å². The molecule has 3 rings (SSSR count). The van der Waals surface area contributed by atoms with Crippen LogP contribution in [-0.2, 0) is 17.4 Å². The van der Waals surface area contributed by atoms with Crippen LogP contribution in [0.3, 0.4) is 0 Å². The van der Waals surface area contributed by atoms with Crippen LogP contribution in [0.25, 0.3) is 0 Å². The van der Waals surface area contributed by atoms with Crippen molar-refractivity contribution in [3.05, 3.63) is 101 Å². The topological polar surface area (TPSA) is 32.3 Å². The lowest BCUT2D eigenvalue weighted by Gasteiger charge is -2.33. The van der Waals surface area contributed by atoms with Crippen molar-refractivity contribution in [1.29, 1.82) is 0 Å². The Morgan fingerprint density at radius 2 is 1.61 bits per heavy atom. The molecule has 0 saturated carbocycles. The Morgan fingerprint density at radius 1 is 0.939 bits per heavy atom. The number of aryl methyl sites for hydroxylation is 1. The minimum absolute atomic E-state index is 0.277. The fourth-order valence-corrected chi connectivity index (χ4v) is 3.63. The van der Waals surface area contributed by atoms with E-state index in [1.54, 1.807) is 35.2 Å². The largest absolute Gasteiger partial charge is 0.416 e. The average molecular weight is 462 g/mol. The molecular weight excluding hydrogens is 439 g/mol. The van der Waals surface area contributed by atoms with E-state index in [0.29, 0.717) is 29.7 Å². The molecule has 0 aliphatic carbocycles. The van der Waals surface area contributed by atoms with Crippen LogP contribution in [0.2, 0.25) is 0 Å². The second-order valence-corrected chi connectivity index (χ2v) is 7.52. The zero-order valence-corrected chi connectivity index (χ0v) is 17.9. The summed E-state index contributed by atoms with van der Waals surface area (Å²) in [6.45, 7) is 0.277. The number of nitrogens with one attached hydrogen (secondary N) is 1. The van der Waals surface area contributed by atoms with Gasteiger partial charge in [0.1, 0.15) is 6.04 Å². The molecule has 0 bridgehead atoms. The van der Waals surface area contributed by atoms with Gasteiger partial charge in [-0.25, -0.2) is 8.78 Å². The third-order valence-corrected chi connectivity index (χ3v) is 5.30. The van der Waals surface area contributed by atoms with Gasteiger partial charge in [0, 0.05) is 25.3 Å². The number of rotatable bonds is 8. The molecular formula is C25H23F5N2O. The van der Waals surface area contributed by atoms with Gasteiger partial charge in [0.25, 0.3) is 0 Å². The molecule has 0 spiro atoms. The number of anilines is 1. The van der Waals surface area contributed by atoms with Crippen LogP contribution >= 0.6 is 0 Å². The van der Waals surface area contributed by atoms with Gasteiger partial charge >= 0.3 is 6.18 Å². The molecule has 1 atom stereocenters. The van der Waals surface area contributed by atoms with E-state index in [1.165, 1.54) is 25.2 Å². The second-order valence-electron chi connectivity index (χ2n) is 7.52. The summed E-state index contributed by atoms with van der Waals surface area (Å²) in [4.78, 5) is 14.5. The van der Waals surface area contributed by atoms with Crippen molar-refractivity contribution in [3.8, 4) is 0 Å². The third-order valence-electron chi connectivity index (χ3n) is 5.30. The molecule has 3 aromatic rings. The fourth-order valence-electron chi connectivity index (χ4n) is 3.63. The Morgan fingerprint density at radius 3 is 2.18 bits per heavy atom. The molecule has 1 amide bonds. The number of halogens is 5. The van der Waals surface area contributed by atoms with E-state index in [1.807, 2.05) is 0 Å². The number of carbonyl (C=O) groups is 1. The summed E-state index contributed by atoms with van der Waals surface area (Å²) in [5.41, 5.74) is 0.956. The molecule has 0 aliphatic rings. The van der Waals surface area contributed by atoms with Crippen molar-refractivity contribution in [2.75, 3.05) is 18.5 Å². The molecule has 0 aromatic heterocycles. The molecule has 3 aromatic carbocycles.